The molecule has 0 fully saturated rings. The molecule has 0 unspecified atom stereocenters. The van der Waals surface area contributed by atoms with E-state index in [1.54, 1.807) is 6.20 Å². The van der Waals surface area contributed by atoms with Crippen molar-refractivity contribution >= 4 is 5.69 Å². The first-order valence-electron chi connectivity index (χ1n) is 6.57. The number of benzene rings is 1. The van der Waals surface area contributed by atoms with Gasteiger partial charge in [-0.1, -0.05) is 6.92 Å². The van der Waals surface area contributed by atoms with Crippen molar-refractivity contribution in [2.24, 2.45) is 0 Å². The van der Waals surface area contributed by atoms with E-state index in [0.717, 1.165) is 18.5 Å². The first kappa shape index (κ1) is 15.2. The van der Waals surface area contributed by atoms with Gasteiger partial charge in [0.2, 0.25) is 0 Å². The molecular weight excluding hydrogens is 283 g/mol. The van der Waals surface area contributed by atoms with Crippen molar-refractivity contribution in [2.45, 2.75) is 32.8 Å². The van der Waals surface area contributed by atoms with Crippen LogP contribution in [0.25, 0.3) is 0 Å². The first-order valence-corrected chi connectivity index (χ1v) is 6.57. The number of alkyl halides is 3. The number of hydrogen-bond acceptors (Lipinski definition) is 3. The molecule has 1 aromatic carbocycles. The van der Waals surface area contributed by atoms with Crippen LogP contribution in [0.15, 0.2) is 36.7 Å². The highest BCUT2D eigenvalue weighted by molar-refractivity contribution is 5.46. The fourth-order valence-corrected chi connectivity index (χ4v) is 1.83. The van der Waals surface area contributed by atoms with E-state index in [9.17, 15) is 13.2 Å². The Kier molecular flexibility index (Phi) is 4.72. The van der Waals surface area contributed by atoms with Gasteiger partial charge in [0.05, 0.1) is 6.20 Å². The number of hydrogen-bond donors (Lipinski definition) is 1. The standard InChI is InChI=1S/C14H16F3N3O/c1-2-7-20-10-11(9-19-20)8-18-12-3-5-13(6-4-12)21-14(15,16)17/h3-6,9-10,18H,2,7-8H2,1H3. The van der Waals surface area contributed by atoms with Gasteiger partial charge in [0.1, 0.15) is 5.75 Å². The Morgan fingerprint density at radius 1 is 1.24 bits per heavy atom. The molecule has 114 valence electrons. The number of nitrogens with one attached hydrogen (secondary N) is 1. The molecule has 2 aromatic rings. The van der Waals surface area contributed by atoms with Crippen molar-refractivity contribution < 1.29 is 17.9 Å². The Morgan fingerprint density at radius 2 is 1.95 bits per heavy atom. The van der Waals surface area contributed by atoms with Gasteiger partial charge in [0, 0.05) is 30.5 Å². The van der Waals surface area contributed by atoms with Gasteiger partial charge in [-0.3, -0.25) is 4.68 Å². The summed E-state index contributed by atoms with van der Waals surface area (Å²) in [5, 5.41) is 7.32. The van der Waals surface area contributed by atoms with Crippen LogP contribution >= 0.6 is 0 Å². The number of nitrogens with zero attached hydrogens (tertiary/aromatic N) is 2. The third-order valence-corrected chi connectivity index (χ3v) is 2.72. The van der Waals surface area contributed by atoms with E-state index in [1.165, 1.54) is 24.3 Å². The minimum Gasteiger partial charge on any atom is -0.406 e. The topological polar surface area (TPSA) is 39.1 Å². The van der Waals surface area contributed by atoms with Crippen LogP contribution in [-0.4, -0.2) is 16.1 Å². The Morgan fingerprint density at radius 3 is 2.57 bits per heavy atom. The molecule has 1 aromatic heterocycles. The summed E-state index contributed by atoms with van der Waals surface area (Å²) in [4.78, 5) is 0. The van der Waals surface area contributed by atoms with Crippen LogP contribution < -0.4 is 10.1 Å². The minimum absolute atomic E-state index is 0.233. The van der Waals surface area contributed by atoms with E-state index in [4.69, 9.17) is 0 Å². The van der Waals surface area contributed by atoms with Crippen LogP contribution in [-0.2, 0) is 13.1 Å². The highest BCUT2D eigenvalue weighted by Gasteiger charge is 2.30. The number of aromatic nitrogens is 2. The van der Waals surface area contributed by atoms with E-state index in [-0.39, 0.29) is 5.75 Å². The molecule has 1 heterocycles. The lowest BCUT2D eigenvalue weighted by Gasteiger charge is -2.10. The summed E-state index contributed by atoms with van der Waals surface area (Å²) in [6.45, 7) is 3.50. The van der Waals surface area contributed by atoms with Gasteiger partial charge in [0.25, 0.3) is 0 Å². The van der Waals surface area contributed by atoms with E-state index >= 15 is 0 Å². The molecule has 1 N–H and O–H groups in total. The van der Waals surface area contributed by atoms with Gasteiger partial charge < -0.3 is 10.1 Å². The monoisotopic (exact) mass is 299 g/mol. The van der Waals surface area contributed by atoms with Crippen molar-refractivity contribution in [3.05, 3.63) is 42.2 Å². The third-order valence-electron chi connectivity index (χ3n) is 2.72. The van der Waals surface area contributed by atoms with E-state index in [1.807, 2.05) is 10.9 Å². The maximum absolute atomic E-state index is 12.0. The molecule has 0 aliphatic carbocycles. The molecule has 0 spiro atoms. The number of rotatable bonds is 6. The number of ether oxygens (including phenoxy) is 1. The summed E-state index contributed by atoms with van der Waals surface area (Å²) in [5.41, 5.74) is 1.73. The van der Waals surface area contributed by atoms with Crippen molar-refractivity contribution in [1.29, 1.82) is 0 Å². The smallest absolute Gasteiger partial charge is 0.406 e. The molecule has 0 saturated carbocycles. The molecule has 0 amide bonds. The quantitative estimate of drug-likeness (QED) is 0.881. The van der Waals surface area contributed by atoms with Gasteiger partial charge in [-0.25, -0.2) is 0 Å². The van der Waals surface area contributed by atoms with Crippen molar-refractivity contribution in [3.63, 3.8) is 0 Å². The van der Waals surface area contributed by atoms with E-state index in [0.29, 0.717) is 12.2 Å². The van der Waals surface area contributed by atoms with Crippen LogP contribution in [0.4, 0.5) is 18.9 Å². The predicted molar refractivity (Wildman–Crippen MR) is 73.0 cm³/mol. The number of anilines is 1. The number of aryl methyl sites for hydroxylation is 1. The van der Waals surface area contributed by atoms with Crippen LogP contribution in [0, 0.1) is 0 Å². The molecular formula is C14H16F3N3O. The maximum Gasteiger partial charge on any atom is 0.573 e. The molecule has 0 bridgehead atoms. The van der Waals surface area contributed by atoms with Gasteiger partial charge in [-0.05, 0) is 30.7 Å². The fraction of sp³-hybridized carbons (Fsp3) is 0.357. The molecule has 7 heteroatoms. The van der Waals surface area contributed by atoms with Gasteiger partial charge in [0.15, 0.2) is 0 Å². The second-order valence-corrected chi connectivity index (χ2v) is 4.54. The molecule has 0 radical (unpaired) electrons. The average Bonchev–Trinajstić information content (AvgIpc) is 2.84. The van der Waals surface area contributed by atoms with Crippen LogP contribution in [0.3, 0.4) is 0 Å². The predicted octanol–water partition coefficient (Wildman–Crippen LogP) is 3.80. The zero-order valence-corrected chi connectivity index (χ0v) is 11.5. The van der Waals surface area contributed by atoms with Crippen molar-refractivity contribution in [3.8, 4) is 5.75 Å². The second kappa shape index (κ2) is 6.51. The molecule has 21 heavy (non-hydrogen) atoms. The van der Waals surface area contributed by atoms with Gasteiger partial charge >= 0.3 is 6.36 Å². The normalized spacial score (nSPS) is 11.4. The Balaban J connectivity index is 1.88. The van der Waals surface area contributed by atoms with Gasteiger partial charge in [-0.2, -0.15) is 5.10 Å². The zero-order chi connectivity index (χ0) is 15.3. The molecule has 0 aliphatic rings. The lowest BCUT2D eigenvalue weighted by molar-refractivity contribution is -0.274. The van der Waals surface area contributed by atoms with Crippen LogP contribution in [0.1, 0.15) is 18.9 Å². The molecule has 0 atom stereocenters. The highest BCUT2D eigenvalue weighted by atomic mass is 19.4. The minimum atomic E-state index is -4.66. The summed E-state index contributed by atoms with van der Waals surface area (Å²) in [6.07, 6.45) is 0.0550. The first-order chi connectivity index (χ1) is 9.96. The SMILES string of the molecule is CCCn1cc(CNc2ccc(OC(F)(F)F)cc2)cn1. The summed E-state index contributed by atoms with van der Waals surface area (Å²) in [6, 6.07) is 5.63. The summed E-state index contributed by atoms with van der Waals surface area (Å²) < 4.78 is 41.8. The van der Waals surface area contributed by atoms with Crippen LogP contribution in [0.2, 0.25) is 0 Å². The summed E-state index contributed by atoms with van der Waals surface area (Å²) in [5.74, 6) is -0.233. The largest absolute Gasteiger partial charge is 0.573 e. The lowest BCUT2D eigenvalue weighted by atomic mass is 10.3. The van der Waals surface area contributed by atoms with Crippen molar-refractivity contribution in [2.75, 3.05) is 5.32 Å². The molecule has 4 nitrogen and oxygen atoms in total. The average molecular weight is 299 g/mol. The Labute approximate surface area is 120 Å². The zero-order valence-electron chi connectivity index (χ0n) is 11.5. The third kappa shape index (κ3) is 5.02. The number of halogens is 3. The summed E-state index contributed by atoms with van der Waals surface area (Å²) in [7, 11) is 0. The lowest BCUT2D eigenvalue weighted by Crippen LogP contribution is -2.17. The van der Waals surface area contributed by atoms with E-state index in [2.05, 4.69) is 22.1 Å². The summed E-state index contributed by atoms with van der Waals surface area (Å²) >= 11 is 0. The maximum atomic E-state index is 12.0. The molecule has 0 aliphatic heterocycles. The Hall–Kier alpha value is -2.18. The second-order valence-electron chi connectivity index (χ2n) is 4.54. The van der Waals surface area contributed by atoms with Crippen LogP contribution in [0.5, 0.6) is 5.75 Å². The molecule has 0 saturated heterocycles. The molecule has 2 rings (SSSR count). The Bertz CT molecular complexity index is 564. The van der Waals surface area contributed by atoms with Crippen molar-refractivity contribution in [1.82, 2.24) is 9.78 Å². The fourth-order valence-electron chi connectivity index (χ4n) is 1.83. The highest BCUT2D eigenvalue weighted by Crippen LogP contribution is 2.24. The van der Waals surface area contributed by atoms with E-state index < -0.39 is 6.36 Å². The van der Waals surface area contributed by atoms with Gasteiger partial charge in [-0.15, -0.1) is 13.2 Å².